The van der Waals surface area contributed by atoms with Gasteiger partial charge in [-0.1, -0.05) is 23.7 Å². The summed E-state index contributed by atoms with van der Waals surface area (Å²) in [4.78, 5) is 12.3. The molecule has 0 radical (unpaired) electrons. The van der Waals surface area contributed by atoms with Gasteiger partial charge in [0.15, 0.2) is 0 Å². The first-order valence-corrected chi connectivity index (χ1v) is 10.3. The zero-order chi connectivity index (χ0) is 20.3. The highest BCUT2D eigenvalue weighted by atomic mass is 35.5. The predicted octanol–water partition coefficient (Wildman–Crippen LogP) is 3.01. The van der Waals surface area contributed by atoms with Crippen LogP contribution in [0.4, 0.5) is 14.5 Å². The van der Waals surface area contributed by atoms with Gasteiger partial charge in [0.25, 0.3) is 10.2 Å². The molecule has 6 nitrogen and oxygen atoms in total. The first kappa shape index (κ1) is 20.7. The average Bonchev–Trinajstić information content (AvgIpc) is 2.62. The summed E-state index contributed by atoms with van der Waals surface area (Å²) in [7, 11) is -3.88. The highest BCUT2D eigenvalue weighted by Gasteiger charge is 2.34. The van der Waals surface area contributed by atoms with E-state index in [4.69, 9.17) is 11.6 Å². The van der Waals surface area contributed by atoms with Gasteiger partial charge >= 0.3 is 0 Å². The van der Waals surface area contributed by atoms with E-state index in [1.54, 1.807) is 6.07 Å². The van der Waals surface area contributed by atoms with Gasteiger partial charge in [0.1, 0.15) is 11.6 Å². The molecule has 10 heteroatoms. The maximum Gasteiger partial charge on any atom is 0.282 e. The second kappa shape index (κ2) is 8.52. The maximum atomic E-state index is 13.4. The molecule has 0 atom stereocenters. The zero-order valence-corrected chi connectivity index (χ0v) is 16.3. The topological polar surface area (TPSA) is 69.7 Å². The van der Waals surface area contributed by atoms with Crippen LogP contribution in [-0.4, -0.2) is 42.6 Å². The van der Waals surface area contributed by atoms with Crippen molar-refractivity contribution in [2.24, 2.45) is 0 Å². The summed E-state index contributed by atoms with van der Waals surface area (Å²) in [5, 5.41) is 2.35. The molecule has 0 saturated carbocycles. The lowest BCUT2D eigenvalue weighted by molar-refractivity contribution is -0.116. The van der Waals surface area contributed by atoms with Crippen LogP contribution in [0.1, 0.15) is 12.0 Å². The minimum Gasteiger partial charge on any atom is -0.325 e. The smallest absolute Gasteiger partial charge is 0.282 e. The number of carbonyl (C=O) groups excluding carboxylic acids is 1. The van der Waals surface area contributed by atoms with Gasteiger partial charge in [-0.3, -0.25) is 4.79 Å². The Kier molecular flexibility index (Phi) is 6.29. The molecule has 1 heterocycles. The summed E-state index contributed by atoms with van der Waals surface area (Å²) in [6, 6.07) is 9.40. The quantitative estimate of drug-likeness (QED) is 0.794. The lowest BCUT2D eigenvalue weighted by atomic mass is 10.2. The van der Waals surface area contributed by atoms with Crippen molar-refractivity contribution < 1.29 is 22.0 Å². The van der Waals surface area contributed by atoms with Crippen molar-refractivity contribution >= 4 is 33.4 Å². The normalized spacial score (nSPS) is 17.4. The van der Waals surface area contributed by atoms with E-state index in [0.29, 0.717) is 12.0 Å². The summed E-state index contributed by atoms with van der Waals surface area (Å²) < 4.78 is 54.4. The molecule has 2 aromatic rings. The fourth-order valence-corrected chi connectivity index (χ4v) is 4.73. The molecule has 3 rings (SSSR count). The van der Waals surface area contributed by atoms with Crippen molar-refractivity contribution in [2.75, 3.05) is 25.0 Å². The van der Waals surface area contributed by atoms with Gasteiger partial charge in [-0.25, -0.2) is 8.78 Å². The summed E-state index contributed by atoms with van der Waals surface area (Å²) in [6.07, 6.45) is 0.532. The van der Waals surface area contributed by atoms with E-state index in [2.05, 4.69) is 5.32 Å². The van der Waals surface area contributed by atoms with E-state index in [1.165, 1.54) is 34.6 Å². The molecular weight excluding hydrogens is 412 g/mol. The Hall–Kier alpha value is -2.07. The molecule has 0 unspecified atom stereocenters. The monoisotopic (exact) mass is 429 g/mol. The van der Waals surface area contributed by atoms with Crippen molar-refractivity contribution in [3.8, 4) is 0 Å². The molecule has 150 valence electrons. The number of nitrogens with one attached hydrogen (secondary N) is 1. The number of anilines is 1. The second-order valence-corrected chi connectivity index (χ2v) is 8.67. The predicted molar refractivity (Wildman–Crippen MR) is 102 cm³/mol. The fraction of sp³-hybridized carbons (Fsp3) is 0.278. The molecule has 1 fully saturated rings. The summed E-state index contributed by atoms with van der Waals surface area (Å²) >= 11 is 5.68. The maximum absolute atomic E-state index is 13.4. The van der Waals surface area contributed by atoms with E-state index in [-0.39, 0.29) is 30.3 Å². The fourth-order valence-electron chi connectivity index (χ4n) is 2.91. The van der Waals surface area contributed by atoms with Gasteiger partial charge in [0.05, 0.1) is 11.6 Å². The first-order chi connectivity index (χ1) is 13.3. The van der Waals surface area contributed by atoms with Crippen LogP contribution in [-0.2, 0) is 21.5 Å². The SMILES string of the molecule is O=C(CN1CCCN(Cc2cccc(F)c2)S1(=O)=O)Nc1ccc(F)c(Cl)c1. The molecule has 1 aliphatic rings. The molecule has 1 N–H and O–H groups in total. The second-order valence-electron chi connectivity index (χ2n) is 6.34. The Labute approximate surface area is 166 Å². The van der Waals surface area contributed by atoms with Crippen LogP contribution >= 0.6 is 11.6 Å². The number of halogens is 3. The largest absolute Gasteiger partial charge is 0.325 e. The molecule has 0 aromatic heterocycles. The Balaban J connectivity index is 1.67. The van der Waals surface area contributed by atoms with Gasteiger partial charge in [0.2, 0.25) is 5.91 Å². The van der Waals surface area contributed by atoms with Crippen molar-refractivity contribution in [3.05, 3.63) is 64.7 Å². The van der Waals surface area contributed by atoms with Crippen LogP contribution in [0.15, 0.2) is 42.5 Å². The Bertz CT molecular complexity index is 988. The van der Waals surface area contributed by atoms with Crippen molar-refractivity contribution in [3.63, 3.8) is 0 Å². The van der Waals surface area contributed by atoms with E-state index in [1.807, 2.05) is 0 Å². The van der Waals surface area contributed by atoms with Gasteiger partial charge in [0, 0.05) is 25.3 Å². The molecular formula is C18H18ClF2N3O3S. The standard InChI is InChI=1S/C18H18ClF2N3O3S/c19-16-10-15(5-6-17(16)21)22-18(25)12-24-8-2-7-23(28(24,26)27)11-13-3-1-4-14(20)9-13/h1,3-6,9-10H,2,7-8,11-12H2,(H,22,25). The van der Waals surface area contributed by atoms with Crippen LogP contribution in [0, 0.1) is 11.6 Å². The molecule has 1 amide bonds. The van der Waals surface area contributed by atoms with E-state index in [9.17, 15) is 22.0 Å². The van der Waals surface area contributed by atoms with Gasteiger partial charge in [-0.15, -0.1) is 0 Å². The number of carbonyl (C=O) groups is 1. The Morgan fingerprint density at radius 1 is 1.11 bits per heavy atom. The first-order valence-electron chi connectivity index (χ1n) is 8.50. The van der Waals surface area contributed by atoms with Crippen molar-refractivity contribution in [2.45, 2.75) is 13.0 Å². The van der Waals surface area contributed by atoms with Crippen LogP contribution < -0.4 is 5.32 Å². The average molecular weight is 430 g/mol. The Morgan fingerprint density at radius 3 is 2.57 bits per heavy atom. The third kappa shape index (κ3) is 4.85. The molecule has 2 aromatic carbocycles. The number of amides is 1. The van der Waals surface area contributed by atoms with Crippen LogP contribution in [0.5, 0.6) is 0 Å². The molecule has 1 aliphatic heterocycles. The zero-order valence-electron chi connectivity index (χ0n) is 14.7. The Morgan fingerprint density at radius 2 is 1.86 bits per heavy atom. The van der Waals surface area contributed by atoms with Gasteiger partial charge in [-0.05, 0) is 42.3 Å². The summed E-state index contributed by atoms with van der Waals surface area (Å²) in [6.45, 7) is 0.104. The van der Waals surface area contributed by atoms with Gasteiger partial charge in [-0.2, -0.15) is 17.0 Å². The number of benzene rings is 2. The molecule has 28 heavy (non-hydrogen) atoms. The third-order valence-corrected chi connectivity index (χ3v) is 6.46. The third-order valence-electron chi connectivity index (χ3n) is 4.24. The molecule has 0 spiro atoms. The highest BCUT2D eigenvalue weighted by Crippen LogP contribution is 2.21. The number of hydrogen-bond acceptors (Lipinski definition) is 3. The minimum atomic E-state index is -3.88. The minimum absolute atomic E-state index is 0.0196. The van der Waals surface area contributed by atoms with E-state index < -0.39 is 34.3 Å². The molecule has 1 saturated heterocycles. The molecule has 0 bridgehead atoms. The van der Waals surface area contributed by atoms with Crippen LogP contribution in [0.2, 0.25) is 5.02 Å². The molecule has 0 aliphatic carbocycles. The number of rotatable bonds is 5. The highest BCUT2D eigenvalue weighted by molar-refractivity contribution is 7.86. The van der Waals surface area contributed by atoms with Crippen LogP contribution in [0.25, 0.3) is 0 Å². The van der Waals surface area contributed by atoms with E-state index in [0.717, 1.165) is 10.4 Å². The summed E-state index contributed by atoms with van der Waals surface area (Å²) in [5.41, 5.74) is 0.790. The number of hydrogen-bond donors (Lipinski definition) is 1. The van der Waals surface area contributed by atoms with Crippen molar-refractivity contribution in [1.29, 1.82) is 0 Å². The lowest BCUT2D eigenvalue weighted by Gasteiger charge is -2.34. The van der Waals surface area contributed by atoms with Crippen LogP contribution in [0.3, 0.4) is 0 Å². The van der Waals surface area contributed by atoms with Crippen molar-refractivity contribution in [1.82, 2.24) is 8.61 Å². The van der Waals surface area contributed by atoms with E-state index >= 15 is 0 Å². The van der Waals surface area contributed by atoms with Gasteiger partial charge < -0.3 is 5.32 Å². The number of nitrogens with zero attached hydrogens (tertiary/aromatic N) is 2. The summed E-state index contributed by atoms with van der Waals surface area (Å²) in [5.74, 6) is -1.63. The lowest BCUT2D eigenvalue weighted by Crippen LogP contribution is -2.51.